The van der Waals surface area contributed by atoms with Crippen LogP contribution < -0.4 is 15.8 Å². The van der Waals surface area contributed by atoms with Crippen molar-refractivity contribution in [2.24, 2.45) is 5.73 Å². The zero-order valence-electron chi connectivity index (χ0n) is 11.3. The van der Waals surface area contributed by atoms with Gasteiger partial charge in [-0.05, 0) is 53.2 Å². The molecule has 0 saturated heterocycles. The molecule has 2 aromatic rings. The van der Waals surface area contributed by atoms with E-state index in [0.29, 0.717) is 17.3 Å². The number of ether oxygens (including phenoxy) is 1. The van der Waals surface area contributed by atoms with Gasteiger partial charge in [-0.1, -0.05) is 12.2 Å². The minimum absolute atomic E-state index is 0.242. The van der Waals surface area contributed by atoms with Gasteiger partial charge in [-0.2, -0.15) is 0 Å². The van der Waals surface area contributed by atoms with Gasteiger partial charge in [-0.3, -0.25) is 0 Å². The summed E-state index contributed by atoms with van der Waals surface area (Å²) in [6, 6.07) is 10.2. The zero-order chi connectivity index (χ0) is 15.4. The lowest BCUT2D eigenvalue weighted by atomic mass is 10.2. The van der Waals surface area contributed by atoms with Crippen molar-refractivity contribution in [2.45, 2.75) is 6.92 Å². The van der Waals surface area contributed by atoms with Crippen LogP contribution in [-0.2, 0) is 0 Å². The van der Waals surface area contributed by atoms with Crippen molar-refractivity contribution >= 4 is 44.5 Å². The molecule has 0 saturated carbocycles. The maximum Gasteiger partial charge on any atom is 0.167 e. The zero-order valence-corrected chi connectivity index (χ0v) is 13.7. The predicted octanol–water partition coefficient (Wildman–Crippen LogP) is 4.36. The van der Waals surface area contributed by atoms with E-state index in [1.54, 1.807) is 18.2 Å². The normalized spacial score (nSPS) is 10.2. The fourth-order valence-electron chi connectivity index (χ4n) is 1.78. The summed E-state index contributed by atoms with van der Waals surface area (Å²) >= 11 is 8.36. The molecule has 110 valence electrons. The van der Waals surface area contributed by atoms with Gasteiger partial charge < -0.3 is 15.8 Å². The quantitative estimate of drug-likeness (QED) is 0.769. The number of nitrogens with one attached hydrogen (secondary N) is 1. The lowest BCUT2D eigenvalue weighted by Gasteiger charge is -2.11. The molecule has 2 rings (SSSR count). The van der Waals surface area contributed by atoms with Crippen LogP contribution in [0.25, 0.3) is 0 Å². The highest BCUT2D eigenvalue weighted by molar-refractivity contribution is 9.10. The van der Waals surface area contributed by atoms with Gasteiger partial charge in [0.1, 0.15) is 4.99 Å². The Morgan fingerprint density at radius 1 is 1.33 bits per heavy atom. The van der Waals surface area contributed by atoms with Crippen LogP contribution in [0.15, 0.2) is 40.9 Å². The molecule has 0 aliphatic heterocycles. The first-order valence-electron chi connectivity index (χ1n) is 6.30. The molecule has 3 N–H and O–H groups in total. The van der Waals surface area contributed by atoms with E-state index >= 15 is 0 Å². The molecule has 0 aliphatic carbocycles. The second kappa shape index (κ2) is 6.87. The van der Waals surface area contributed by atoms with E-state index in [9.17, 15) is 4.39 Å². The van der Waals surface area contributed by atoms with Crippen molar-refractivity contribution in [2.75, 3.05) is 11.9 Å². The first-order chi connectivity index (χ1) is 10.0. The molecule has 0 aromatic heterocycles. The average molecular weight is 369 g/mol. The lowest BCUT2D eigenvalue weighted by Crippen LogP contribution is -2.09. The summed E-state index contributed by atoms with van der Waals surface area (Å²) in [7, 11) is 0. The van der Waals surface area contributed by atoms with Crippen molar-refractivity contribution in [3.8, 4) is 5.75 Å². The maximum absolute atomic E-state index is 13.8. The summed E-state index contributed by atoms with van der Waals surface area (Å²) in [5.41, 5.74) is 7.76. The Labute approximate surface area is 136 Å². The SMILES string of the molecule is CCOc1ccc(Nc2ccc(C(N)=S)cc2Br)cc1F. The molecule has 3 nitrogen and oxygen atoms in total. The largest absolute Gasteiger partial charge is 0.491 e. The van der Waals surface area contributed by atoms with Crippen LogP contribution in [0, 0.1) is 5.82 Å². The second-order valence-electron chi connectivity index (χ2n) is 4.26. The highest BCUT2D eigenvalue weighted by atomic mass is 79.9. The van der Waals surface area contributed by atoms with E-state index < -0.39 is 5.82 Å². The summed E-state index contributed by atoms with van der Waals surface area (Å²) in [5, 5.41) is 3.12. The van der Waals surface area contributed by atoms with Crippen molar-refractivity contribution in [1.29, 1.82) is 0 Å². The van der Waals surface area contributed by atoms with E-state index in [0.717, 1.165) is 15.7 Å². The van der Waals surface area contributed by atoms with E-state index in [1.807, 2.05) is 19.1 Å². The van der Waals surface area contributed by atoms with Crippen LogP contribution in [0.4, 0.5) is 15.8 Å². The van der Waals surface area contributed by atoms with Gasteiger partial charge >= 0.3 is 0 Å². The van der Waals surface area contributed by atoms with Crippen LogP contribution in [-0.4, -0.2) is 11.6 Å². The molecule has 21 heavy (non-hydrogen) atoms. The third-order valence-corrected chi connectivity index (χ3v) is 3.66. The summed E-state index contributed by atoms with van der Waals surface area (Å²) < 4.78 is 19.8. The van der Waals surface area contributed by atoms with Crippen LogP contribution in [0.3, 0.4) is 0 Å². The predicted molar refractivity (Wildman–Crippen MR) is 90.9 cm³/mol. The van der Waals surface area contributed by atoms with E-state index in [2.05, 4.69) is 21.2 Å². The Kier molecular flexibility index (Phi) is 5.14. The fraction of sp³-hybridized carbons (Fsp3) is 0.133. The van der Waals surface area contributed by atoms with Gasteiger partial charge in [0, 0.05) is 21.8 Å². The molecule has 0 bridgehead atoms. The number of hydrogen-bond donors (Lipinski definition) is 2. The summed E-state index contributed by atoms with van der Waals surface area (Å²) in [5.74, 6) is -0.163. The van der Waals surface area contributed by atoms with Crippen molar-refractivity contribution in [3.63, 3.8) is 0 Å². The molecule has 0 fully saturated rings. The number of thiocarbonyl (C=S) groups is 1. The topological polar surface area (TPSA) is 47.3 Å². The summed E-state index contributed by atoms with van der Waals surface area (Å²) in [6.07, 6.45) is 0. The number of halogens is 2. The van der Waals surface area contributed by atoms with Crippen molar-refractivity contribution in [1.82, 2.24) is 0 Å². The minimum Gasteiger partial charge on any atom is -0.491 e. The van der Waals surface area contributed by atoms with Crippen LogP contribution in [0.5, 0.6) is 5.75 Å². The summed E-state index contributed by atoms with van der Waals surface area (Å²) in [6.45, 7) is 2.24. The lowest BCUT2D eigenvalue weighted by molar-refractivity contribution is 0.321. The van der Waals surface area contributed by atoms with Crippen LogP contribution >= 0.6 is 28.1 Å². The van der Waals surface area contributed by atoms with Gasteiger partial charge in [0.15, 0.2) is 11.6 Å². The van der Waals surface area contributed by atoms with Crippen molar-refractivity contribution < 1.29 is 9.13 Å². The number of rotatable bonds is 5. The monoisotopic (exact) mass is 368 g/mol. The Bertz CT molecular complexity index is 679. The smallest absolute Gasteiger partial charge is 0.167 e. The Morgan fingerprint density at radius 3 is 2.67 bits per heavy atom. The Balaban J connectivity index is 2.22. The van der Waals surface area contributed by atoms with E-state index in [4.69, 9.17) is 22.7 Å². The third kappa shape index (κ3) is 3.92. The fourth-order valence-corrected chi connectivity index (χ4v) is 2.38. The standard InChI is InChI=1S/C15H14BrFN2OS/c1-2-20-14-6-4-10(8-12(14)17)19-13-5-3-9(15(18)21)7-11(13)16/h3-8,19H,2H2,1H3,(H2,18,21). The molecule has 0 aliphatic rings. The molecule has 2 aromatic carbocycles. The number of hydrogen-bond acceptors (Lipinski definition) is 3. The molecule has 0 atom stereocenters. The number of anilines is 2. The molecule has 0 radical (unpaired) electrons. The molecule has 0 heterocycles. The summed E-state index contributed by atoms with van der Waals surface area (Å²) in [4.78, 5) is 0.328. The van der Waals surface area contributed by atoms with Crippen LogP contribution in [0.2, 0.25) is 0 Å². The van der Waals surface area contributed by atoms with Gasteiger partial charge in [0.2, 0.25) is 0 Å². The molecule has 6 heteroatoms. The van der Waals surface area contributed by atoms with E-state index in [-0.39, 0.29) is 5.75 Å². The highest BCUT2D eigenvalue weighted by Crippen LogP contribution is 2.29. The second-order valence-corrected chi connectivity index (χ2v) is 5.56. The average Bonchev–Trinajstić information content (AvgIpc) is 2.44. The number of nitrogens with two attached hydrogens (primary N) is 1. The maximum atomic E-state index is 13.8. The molecular formula is C15H14BrFN2OS. The molecular weight excluding hydrogens is 355 g/mol. The van der Waals surface area contributed by atoms with E-state index in [1.165, 1.54) is 6.07 Å². The first-order valence-corrected chi connectivity index (χ1v) is 7.50. The van der Waals surface area contributed by atoms with Gasteiger partial charge in [0.05, 0.1) is 12.3 Å². The number of benzene rings is 2. The van der Waals surface area contributed by atoms with Crippen molar-refractivity contribution in [3.05, 3.63) is 52.3 Å². The van der Waals surface area contributed by atoms with Gasteiger partial charge in [0.25, 0.3) is 0 Å². The molecule has 0 amide bonds. The third-order valence-electron chi connectivity index (χ3n) is 2.76. The van der Waals surface area contributed by atoms with Crippen LogP contribution in [0.1, 0.15) is 12.5 Å². The molecule has 0 unspecified atom stereocenters. The highest BCUT2D eigenvalue weighted by Gasteiger charge is 2.07. The molecule has 0 spiro atoms. The van der Waals surface area contributed by atoms with Gasteiger partial charge in [-0.25, -0.2) is 4.39 Å². The minimum atomic E-state index is -0.405. The Morgan fingerprint density at radius 2 is 2.10 bits per heavy atom. The Hall–Kier alpha value is -1.66. The first kappa shape index (κ1) is 15.7. The van der Waals surface area contributed by atoms with Gasteiger partial charge in [-0.15, -0.1) is 0 Å².